The van der Waals surface area contributed by atoms with Crippen LogP contribution in [0.5, 0.6) is 5.75 Å². The van der Waals surface area contributed by atoms with Crippen molar-refractivity contribution in [1.82, 2.24) is 15.5 Å². The van der Waals surface area contributed by atoms with Crippen molar-refractivity contribution in [1.29, 1.82) is 0 Å². The minimum absolute atomic E-state index is 0.0281. The Kier molecular flexibility index (Phi) is 8.81. The molecule has 156 valence electrons. The lowest BCUT2D eigenvalue weighted by Gasteiger charge is -2.16. The molecule has 0 fully saturated rings. The number of aryl methyl sites for hydroxylation is 1. The van der Waals surface area contributed by atoms with E-state index in [1.807, 2.05) is 6.92 Å². The summed E-state index contributed by atoms with van der Waals surface area (Å²) in [6.07, 6.45) is -4.42. The van der Waals surface area contributed by atoms with Crippen LogP contribution in [0.25, 0.3) is 0 Å². The second kappa shape index (κ2) is 10.6. The molecule has 1 aromatic carbocycles. The number of alkyl halides is 3. The summed E-state index contributed by atoms with van der Waals surface area (Å²) < 4.78 is 42.4. The van der Waals surface area contributed by atoms with Crippen molar-refractivity contribution in [2.75, 3.05) is 33.8 Å². The summed E-state index contributed by atoms with van der Waals surface area (Å²) in [5.41, 5.74) is 2.14. The topological polar surface area (TPSA) is 66.0 Å². The van der Waals surface area contributed by atoms with Crippen molar-refractivity contribution in [2.45, 2.75) is 26.6 Å². The molecule has 0 saturated carbocycles. The normalized spacial score (nSPS) is 11.8. The number of hydrogen-bond acceptors (Lipinski definition) is 3. The Morgan fingerprint density at radius 3 is 2.46 bits per heavy atom. The number of amides is 1. The zero-order valence-corrected chi connectivity index (χ0v) is 16.6. The van der Waals surface area contributed by atoms with Gasteiger partial charge in [0, 0.05) is 26.2 Å². The molecule has 0 spiro atoms. The van der Waals surface area contributed by atoms with Gasteiger partial charge in [0.1, 0.15) is 5.75 Å². The highest BCUT2D eigenvalue weighted by Crippen LogP contribution is 2.24. The zero-order valence-electron chi connectivity index (χ0n) is 16.6. The van der Waals surface area contributed by atoms with Crippen molar-refractivity contribution in [3.8, 4) is 5.75 Å². The molecule has 0 aliphatic heterocycles. The molecule has 9 heteroatoms. The molecular weight excluding hydrogens is 373 g/mol. The fourth-order valence-electron chi connectivity index (χ4n) is 1.98. The molecule has 0 heterocycles. The van der Waals surface area contributed by atoms with Crippen molar-refractivity contribution in [3.63, 3.8) is 0 Å². The van der Waals surface area contributed by atoms with Gasteiger partial charge in [0.2, 0.25) is 5.91 Å². The second-order valence-corrected chi connectivity index (χ2v) is 6.63. The van der Waals surface area contributed by atoms with Gasteiger partial charge >= 0.3 is 6.18 Å². The standard InChI is InChI=1S/C19H27F3N4O2/c1-13(2)9-23-18(25-11-17(27)26(4)5)24-10-15-7-6-14(3)8-16(15)28-12-19(20,21)22/h6-8H,1,9-12H2,2-5H3,(H2,23,24,25). The number of rotatable bonds is 8. The molecule has 0 radical (unpaired) electrons. The van der Waals surface area contributed by atoms with E-state index in [-0.39, 0.29) is 24.7 Å². The summed E-state index contributed by atoms with van der Waals surface area (Å²) in [5.74, 6) is 0.333. The average Bonchev–Trinajstić information content (AvgIpc) is 2.59. The molecule has 0 unspecified atom stereocenters. The number of nitrogens with one attached hydrogen (secondary N) is 2. The van der Waals surface area contributed by atoms with E-state index in [9.17, 15) is 18.0 Å². The maximum Gasteiger partial charge on any atom is 0.422 e. The fraction of sp³-hybridized carbons (Fsp3) is 0.474. The first-order chi connectivity index (χ1) is 13.0. The molecular formula is C19H27F3N4O2. The van der Waals surface area contributed by atoms with Gasteiger partial charge in [-0.05, 0) is 25.5 Å². The first-order valence-corrected chi connectivity index (χ1v) is 8.63. The van der Waals surface area contributed by atoms with Crippen LogP contribution in [0.15, 0.2) is 35.3 Å². The Labute approximate surface area is 163 Å². The molecule has 0 aromatic heterocycles. The van der Waals surface area contributed by atoms with Crippen LogP contribution >= 0.6 is 0 Å². The van der Waals surface area contributed by atoms with Gasteiger partial charge < -0.3 is 20.3 Å². The molecule has 0 saturated heterocycles. The van der Waals surface area contributed by atoms with Crippen LogP contribution in [-0.4, -0.2) is 56.7 Å². The number of halogens is 3. The van der Waals surface area contributed by atoms with Crippen molar-refractivity contribution in [2.24, 2.45) is 4.99 Å². The minimum Gasteiger partial charge on any atom is -0.484 e. The number of ether oxygens (including phenoxy) is 1. The summed E-state index contributed by atoms with van der Waals surface area (Å²) in [5, 5.41) is 5.92. The molecule has 6 nitrogen and oxygen atoms in total. The number of carbonyl (C=O) groups excluding carboxylic acids is 1. The van der Waals surface area contributed by atoms with E-state index in [1.165, 1.54) is 4.90 Å². The van der Waals surface area contributed by atoms with E-state index in [4.69, 9.17) is 4.74 Å². The first kappa shape index (κ1) is 23.3. The van der Waals surface area contributed by atoms with Crippen molar-refractivity contribution in [3.05, 3.63) is 41.5 Å². The van der Waals surface area contributed by atoms with Crippen molar-refractivity contribution < 1.29 is 22.7 Å². The summed E-state index contributed by atoms with van der Waals surface area (Å²) in [6.45, 7) is 6.56. The number of benzene rings is 1. The van der Waals surface area contributed by atoms with E-state index in [0.717, 1.165) is 11.1 Å². The zero-order chi connectivity index (χ0) is 21.3. The SMILES string of the molecule is C=C(C)CNC(=NCc1ccc(C)cc1OCC(F)(F)F)NCC(=O)N(C)C. The molecule has 0 bridgehead atoms. The van der Waals surface area contributed by atoms with Gasteiger partial charge in [-0.3, -0.25) is 4.79 Å². The highest BCUT2D eigenvalue weighted by atomic mass is 19.4. The monoisotopic (exact) mass is 400 g/mol. The third kappa shape index (κ3) is 9.29. The summed E-state index contributed by atoms with van der Waals surface area (Å²) in [4.78, 5) is 17.6. The quantitative estimate of drug-likeness (QED) is 0.400. The highest BCUT2D eigenvalue weighted by molar-refractivity contribution is 5.86. The van der Waals surface area contributed by atoms with Crippen LogP contribution in [0.1, 0.15) is 18.1 Å². The van der Waals surface area contributed by atoms with Crippen LogP contribution in [0.3, 0.4) is 0 Å². The Morgan fingerprint density at radius 2 is 1.89 bits per heavy atom. The Bertz CT molecular complexity index is 716. The Hall–Kier alpha value is -2.71. The molecule has 0 atom stereocenters. The lowest BCUT2D eigenvalue weighted by molar-refractivity contribution is -0.153. The minimum atomic E-state index is -4.42. The van der Waals surface area contributed by atoms with Gasteiger partial charge in [-0.15, -0.1) is 0 Å². The predicted molar refractivity (Wildman–Crippen MR) is 103 cm³/mol. The number of likely N-dealkylation sites (N-methyl/N-ethyl adjacent to an activating group) is 1. The third-order valence-electron chi connectivity index (χ3n) is 3.48. The number of guanidine groups is 1. The number of carbonyl (C=O) groups is 1. The molecule has 1 rings (SSSR count). The fourth-order valence-corrected chi connectivity index (χ4v) is 1.98. The van der Waals surface area contributed by atoms with Crippen LogP contribution < -0.4 is 15.4 Å². The van der Waals surface area contributed by atoms with Gasteiger partial charge in [-0.1, -0.05) is 24.3 Å². The van der Waals surface area contributed by atoms with E-state index in [0.29, 0.717) is 18.1 Å². The molecule has 1 aromatic rings. The van der Waals surface area contributed by atoms with Crippen LogP contribution in [0.2, 0.25) is 0 Å². The van der Waals surface area contributed by atoms with Crippen LogP contribution in [0, 0.1) is 6.92 Å². The second-order valence-electron chi connectivity index (χ2n) is 6.63. The Morgan fingerprint density at radius 1 is 1.25 bits per heavy atom. The molecule has 1 amide bonds. The molecule has 2 N–H and O–H groups in total. The maximum atomic E-state index is 12.5. The largest absolute Gasteiger partial charge is 0.484 e. The smallest absolute Gasteiger partial charge is 0.422 e. The summed E-state index contributed by atoms with van der Waals surface area (Å²) >= 11 is 0. The summed E-state index contributed by atoms with van der Waals surface area (Å²) in [6, 6.07) is 4.99. The van der Waals surface area contributed by atoms with Crippen molar-refractivity contribution >= 4 is 11.9 Å². The Balaban J connectivity index is 2.93. The first-order valence-electron chi connectivity index (χ1n) is 8.63. The van der Waals surface area contributed by atoms with E-state index < -0.39 is 12.8 Å². The lowest BCUT2D eigenvalue weighted by Crippen LogP contribution is -2.43. The van der Waals surface area contributed by atoms with E-state index in [1.54, 1.807) is 39.2 Å². The van der Waals surface area contributed by atoms with E-state index in [2.05, 4.69) is 22.2 Å². The third-order valence-corrected chi connectivity index (χ3v) is 3.48. The number of nitrogens with zero attached hydrogens (tertiary/aromatic N) is 2. The number of hydrogen-bond donors (Lipinski definition) is 2. The molecule has 28 heavy (non-hydrogen) atoms. The number of aliphatic imine (C=N–C) groups is 1. The van der Waals surface area contributed by atoms with Crippen LogP contribution in [0.4, 0.5) is 13.2 Å². The van der Waals surface area contributed by atoms with Gasteiger partial charge in [0.05, 0.1) is 13.1 Å². The van der Waals surface area contributed by atoms with Gasteiger partial charge in [0.15, 0.2) is 12.6 Å². The lowest BCUT2D eigenvalue weighted by atomic mass is 10.1. The average molecular weight is 400 g/mol. The predicted octanol–water partition coefficient (Wildman–Crippen LogP) is 2.64. The maximum absolute atomic E-state index is 12.5. The highest BCUT2D eigenvalue weighted by Gasteiger charge is 2.28. The molecule has 0 aliphatic carbocycles. The van der Waals surface area contributed by atoms with Gasteiger partial charge in [-0.2, -0.15) is 13.2 Å². The molecule has 0 aliphatic rings. The van der Waals surface area contributed by atoms with Gasteiger partial charge in [0.25, 0.3) is 0 Å². The van der Waals surface area contributed by atoms with E-state index >= 15 is 0 Å². The van der Waals surface area contributed by atoms with Crippen LogP contribution in [-0.2, 0) is 11.3 Å². The summed E-state index contributed by atoms with van der Waals surface area (Å²) in [7, 11) is 3.28. The van der Waals surface area contributed by atoms with Gasteiger partial charge in [-0.25, -0.2) is 4.99 Å².